The first-order valence-corrected chi connectivity index (χ1v) is 10.1. The lowest BCUT2D eigenvalue weighted by Crippen LogP contribution is -2.46. The molecule has 2 aliphatic rings. The second-order valence-electron chi connectivity index (χ2n) is 6.92. The van der Waals surface area contributed by atoms with Gasteiger partial charge in [0, 0.05) is 32.4 Å². The summed E-state index contributed by atoms with van der Waals surface area (Å²) in [7, 11) is -1.04. The van der Waals surface area contributed by atoms with Gasteiger partial charge in [-0.3, -0.25) is 0 Å². The van der Waals surface area contributed by atoms with Gasteiger partial charge in [-0.1, -0.05) is 0 Å². The maximum absolute atomic E-state index is 12.4. The molecular formula is C16H23N5O2S. The summed E-state index contributed by atoms with van der Waals surface area (Å²) in [5, 5.41) is 1.01. The fraction of sp³-hybridized carbons (Fsp3) is 0.625. The van der Waals surface area contributed by atoms with E-state index < -0.39 is 10.0 Å². The van der Waals surface area contributed by atoms with Gasteiger partial charge in [0.1, 0.15) is 17.8 Å². The SMILES string of the molecule is CN(c1ncnc2[nH]ccc12)C1CC(CS(=O)(=O)N2CCCC2)C1. The molecule has 0 aromatic carbocycles. The molecule has 1 aliphatic carbocycles. The highest BCUT2D eigenvalue weighted by Gasteiger charge is 2.38. The Labute approximate surface area is 142 Å². The molecule has 0 bridgehead atoms. The number of anilines is 1. The number of fused-ring (bicyclic) bond motifs is 1. The van der Waals surface area contributed by atoms with Crippen molar-refractivity contribution in [2.24, 2.45) is 5.92 Å². The summed E-state index contributed by atoms with van der Waals surface area (Å²) in [6, 6.07) is 2.33. The molecule has 1 aliphatic heterocycles. The van der Waals surface area contributed by atoms with E-state index in [9.17, 15) is 8.42 Å². The molecule has 2 aromatic heterocycles. The van der Waals surface area contributed by atoms with E-state index in [4.69, 9.17) is 0 Å². The van der Waals surface area contributed by atoms with Crippen LogP contribution in [0.15, 0.2) is 18.6 Å². The van der Waals surface area contributed by atoms with Gasteiger partial charge < -0.3 is 9.88 Å². The highest BCUT2D eigenvalue weighted by molar-refractivity contribution is 7.89. The van der Waals surface area contributed by atoms with Gasteiger partial charge in [0.2, 0.25) is 10.0 Å². The van der Waals surface area contributed by atoms with Crippen molar-refractivity contribution in [3.05, 3.63) is 18.6 Å². The van der Waals surface area contributed by atoms with Crippen LogP contribution in [0.5, 0.6) is 0 Å². The molecule has 4 rings (SSSR count). The van der Waals surface area contributed by atoms with E-state index in [0.29, 0.717) is 24.9 Å². The molecule has 2 aromatic rings. The Bertz CT molecular complexity index is 822. The van der Waals surface area contributed by atoms with Gasteiger partial charge in [-0.25, -0.2) is 22.7 Å². The van der Waals surface area contributed by atoms with Crippen molar-refractivity contribution in [3.8, 4) is 0 Å². The van der Waals surface area contributed by atoms with Crippen LogP contribution >= 0.6 is 0 Å². The third-order valence-electron chi connectivity index (χ3n) is 5.33. The van der Waals surface area contributed by atoms with Crippen molar-refractivity contribution in [2.45, 2.75) is 31.7 Å². The van der Waals surface area contributed by atoms with Crippen LogP contribution in [-0.4, -0.2) is 59.6 Å². The first-order valence-electron chi connectivity index (χ1n) is 8.53. The molecule has 1 N–H and O–H groups in total. The monoisotopic (exact) mass is 349 g/mol. The van der Waals surface area contributed by atoms with E-state index >= 15 is 0 Å². The zero-order valence-corrected chi connectivity index (χ0v) is 14.7. The summed E-state index contributed by atoms with van der Waals surface area (Å²) in [5.74, 6) is 1.46. The van der Waals surface area contributed by atoms with E-state index in [-0.39, 0.29) is 5.92 Å². The molecule has 1 saturated carbocycles. The average molecular weight is 349 g/mol. The van der Waals surface area contributed by atoms with Gasteiger partial charge in [-0.05, 0) is 37.7 Å². The zero-order chi connectivity index (χ0) is 16.7. The summed E-state index contributed by atoms with van der Waals surface area (Å²) in [5.41, 5.74) is 0.833. The Morgan fingerprint density at radius 3 is 2.79 bits per heavy atom. The van der Waals surface area contributed by atoms with Crippen molar-refractivity contribution < 1.29 is 8.42 Å². The minimum absolute atomic E-state index is 0.256. The zero-order valence-electron chi connectivity index (χ0n) is 13.9. The largest absolute Gasteiger partial charge is 0.356 e. The normalized spacial score (nSPS) is 25.0. The molecule has 0 radical (unpaired) electrons. The molecule has 1 saturated heterocycles. The van der Waals surface area contributed by atoms with Crippen molar-refractivity contribution >= 4 is 26.9 Å². The molecule has 3 heterocycles. The standard InChI is InChI=1S/C16H23N5O2S/c1-20(16-14-4-5-17-15(14)18-11-19-16)13-8-12(9-13)10-24(22,23)21-6-2-3-7-21/h4-5,11-13H,2-3,6-10H2,1H3,(H,17,18,19). The maximum Gasteiger partial charge on any atom is 0.214 e. The number of aromatic nitrogens is 3. The first kappa shape index (κ1) is 15.8. The van der Waals surface area contributed by atoms with Crippen LogP contribution in [0.25, 0.3) is 11.0 Å². The number of aromatic amines is 1. The Morgan fingerprint density at radius 2 is 2.04 bits per heavy atom. The molecular weight excluding hydrogens is 326 g/mol. The quantitative estimate of drug-likeness (QED) is 0.886. The number of H-pyrrole nitrogens is 1. The summed E-state index contributed by atoms with van der Waals surface area (Å²) < 4.78 is 26.5. The number of sulfonamides is 1. The predicted octanol–water partition coefficient (Wildman–Crippen LogP) is 1.60. The molecule has 7 nitrogen and oxygen atoms in total. The Morgan fingerprint density at radius 1 is 1.29 bits per heavy atom. The van der Waals surface area contributed by atoms with Crippen molar-refractivity contribution in [1.29, 1.82) is 0 Å². The Balaban J connectivity index is 1.39. The highest BCUT2D eigenvalue weighted by Crippen LogP contribution is 2.36. The Hall–Kier alpha value is -1.67. The lowest BCUT2D eigenvalue weighted by Gasteiger charge is -2.42. The summed E-state index contributed by atoms with van der Waals surface area (Å²) in [6.07, 6.45) is 7.23. The van der Waals surface area contributed by atoms with E-state index in [1.54, 1.807) is 10.6 Å². The smallest absolute Gasteiger partial charge is 0.214 e. The van der Waals surface area contributed by atoms with E-state index in [1.807, 2.05) is 19.3 Å². The van der Waals surface area contributed by atoms with Crippen LogP contribution in [0.3, 0.4) is 0 Å². The number of hydrogen-bond donors (Lipinski definition) is 1. The second kappa shape index (κ2) is 6.00. The van der Waals surface area contributed by atoms with Crippen molar-refractivity contribution in [1.82, 2.24) is 19.3 Å². The number of rotatable bonds is 5. The number of nitrogens with one attached hydrogen (secondary N) is 1. The van der Waals surface area contributed by atoms with Gasteiger partial charge in [0.25, 0.3) is 0 Å². The molecule has 0 spiro atoms. The topological polar surface area (TPSA) is 82.2 Å². The fourth-order valence-electron chi connectivity index (χ4n) is 3.84. The van der Waals surface area contributed by atoms with E-state index in [2.05, 4.69) is 19.9 Å². The lowest BCUT2D eigenvalue weighted by molar-refractivity contribution is 0.279. The van der Waals surface area contributed by atoms with Crippen molar-refractivity contribution in [3.63, 3.8) is 0 Å². The van der Waals surface area contributed by atoms with Crippen LogP contribution in [0.2, 0.25) is 0 Å². The first-order chi connectivity index (χ1) is 11.5. The third kappa shape index (κ3) is 2.77. The maximum atomic E-state index is 12.4. The lowest BCUT2D eigenvalue weighted by atomic mass is 9.81. The van der Waals surface area contributed by atoms with Gasteiger partial charge in [-0.15, -0.1) is 0 Å². The predicted molar refractivity (Wildman–Crippen MR) is 93.4 cm³/mol. The van der Waals surface area contributed by atoms with Crippen LogP contribution in [0.4, 0.5) is 5.82 Å². The highest BCUT2D eigenvalue weighted by atomic mass is 32.2. The van der Waals surface area contributed by atoms with Gasteiger partial charge in [0.15, 0.2) is 0 Å². The molecule has 24 heavy (non-hydrogen) atoms. The average Bonchev–Trinajstić information content (AvgIpc) is 3.20. The molecule has 130 valence electrons. The van der Waals surface area contributed by atoms with Gasteiger partial charge >= 0.3 is 0 Å². The van der Waals surface area contributed by atoms with E-state index in [0.717, 1.165) is 42.5 Å². The number of nitrogens with zero attached hydrogens (tertiary/aromatic N) is 4. The van der Waals surface area contributed by atoms with E-state index in [1.165, 1.54) is 0 Å². The van der Waals surface area contributed by atoms with Crippen LogP contribution in [0.1, 0.15) is 25.7 Å². The molecule has 8 heteroatoms. The minimum atomic E-state index is -3.08. The van der Waals surface area contributed by atoms with Crippen LogP contribution < -0.4 is 4.90 Å². The molecule has 2 fully saturated rings. The third-order valence-corrected chi connectivity index (χ3v) is 7.37. The second-order valence-corrected chi connectivity index (χ2v) is 8.94. The van der Waals surface area contributed by atoms with Crippen LogP contribution in [-0.2, 0) is 10.0 Å². The summed E-state index contributed by atoms with van der Waals surface area (Å²) in [6.45, 7) is 1.40. The molecule has 0 unspecified atom stereocenters. The van der Waals surface area contributed by atoms with Crippen molar-refractivity contribution in [2.75, 3.05) is 30.8 Å². The Kier molecular flexibility index (Phi) is 3.96. The summed E-state index contributed by atoms with van der Waals surface area (Å²) >= 11 is 0. The summed E-state index contributed by atoms with van der Waals surface area (Å²) in [4.78, 5) is 13.9. The van der Waals surface area contributed by atoms with Crippen LogP contribution in [0, 0.1) is 5.92 Å². The van der Waals surface area contributed by atoms with Gasteiger partial charge in [-0.2, -0.15) is 0 Å². The molecule has 0 atom stereocenters. The molecule has 0 amide bonds. The van der Waals surface area contributed by atoms with Gasteiger partial charge in [0.05, 0.1) is 11.1 Å². The fourth-order valence-corrected chi connectivity index (χ4v) is 5.73. The minimum Gasteiger partial charge on any atom is -0.356 e. The number of hydrogen-bond acceptors (Lipinski definition) is 5.